The summed E-state index contributed by atoms with van der Waals surface area (Å²) in [5, 5.41) is 1.60. The summed E-state index contributed by atoms with van der Waals surface area (Å²) in [6.45, 7) is 5.46. The molecule has 1 unspecified atom stereocenters. The molecule has 0 N–H and O–H groups in total. The summed E-state index contributed by atoms with van der Waals surface area (Å²) in [6.07, 6.45) is 1.81. The van der Waals surface area contributed by atoms with E-state index in [-0.39, 0.29) is 0 Å². The van der Waals surface area contributed by atoms with Crippen molar-refractivity contribution >= 4 is 18.0 Å². The van der Waals surface area contributed by atoms with Gasteiger partial charge in [-0.2, -0.15) is 0 Å². The van der Waals surface area contributed by atoms with Crippen molar-refractivity contribution in [2.45, 2.75) is 31.9 Å². The van der Waals surface area contributed by atoms with E-state index in [0.717, 1.165) is 10.6 Å². The number of methoxy groups -OCH3 is 1. The van der Waals surface area contributed by atoms with Crippen molar-refractivity contribution in [1.82, 2.24) is 0 Å². The molecule has 5 heteroatoms. The topological polar surface area (TPSA) is 65.0 Å². The Labute approximate surface area is 152 Å². The average molecular weight is 351 g/mol. The Balaban J connectivity index is 2.13. The van der Waals surface area contributed by atoms with Crippen LogP contribution in [0.5, 0.6) is 0 Å². The predicted molar refractivity (Wildman–Crippen MR) is 97.0 cm³/mol. The molecule has 1 heterocycles. The zero-order valence-electron chi connectivity index (χ0n) is 15.3. The minimum Gasteiger partial charge on any atom is -0.465 e. The van der Waals surface area contributed by atoms with Crippen LogP contribution in [0.4, 0.5) is 0 Å². The highest BCUT2D eigenvalue weighted by molar-refractivity contribution is 5.93. The maximum Gasteiger partial charge on any atom is 0.343 e. The van der Waals surface area contributed by atoms with Crippen molar-refractivity contribution in [3.63, 3.8) is 0 Å². The zero-order chi connectivity index (χ0) is 18.9. The molecule has 0 spiro atoms. The molecule has 0 bridgehead atoms. The Morgan fingerprint density at radius 2 is 1.65 bits per heavy atom. The highest BCUT2D eigenvalue weighted by atomic mass is 16.6. The van der Waals surface area contributed by atoms with Crippen molar-refractivity contribution in [3.05, 3.63) is 70.2 Å². The molecule has 2 aromatic rings. The van der Waals surface area contributed by atoms with Gasteiger partial charge in [0.1, 0.15) is 5.60 Å². The Kier molecular flexibility index (Phi) is 4.40. The minimum atomic E-state index is -1.27. The molecule has 3 rings (SSSR count). The molecule has 1 atom stereocenters. The van der Waals surface area contributed by atoms with Gasteiger partial charge in [-0.25, -0.2) is 9.59 Å². The molecule has 0 saturated heterocycles. The third-order valence-electron chi connectivity index (χ3n) is 4.05. The van der Waals surface area contributed by atoms with Crippen LogP contribution in [-0.4, -0.2) is 24.6 Å². The number of para-hydroxylation sites is 1. The molecule has 0 saturated carbocycles. The van der Waals surface area contributed by atoms with E-state index in [0.29, 0.717) is 11.1 Å². The first-order chi connectivity index (χ1) is 12.2. The molecule has 0 aromatic heterocycles. The predicted octanol–water partition coefficient (Wildman–Crippen LogP) is 2.12. The lowest BCUT2D eigenvalue weighted by Gasteiger charge is -2.28. The van der Waals surface area contributed by atoms with Gasteiger partial charge in [0.15, 0.2) is 0 Å². The van der Waals surface area contributed by atoms with Crippen molar-refractivity contribution in [2.24, 2.45) is 4.99 Å². The van der Waals surface area contributed by atoms with E-state index < -0.39 is 23.1 Å². The summed E-state index contributed by atoms with van der Waals surface area (Å²) in [5.41, 5.74) is -0.874. The largest absolute Gasteiger partial charge is 0.465 e. The Morgan fingerprint density at radius 1 is 1.00 bits per heavy atom. The van der Waals surface area contributed by atoms with Gasteiger partial charge in [0.2, 0.25) is 5.54 Å². The van der Waals surface area contributed by atoms with Crippen molar-refractivity contribution in [3.8, 4) is 0 Å². The van der Waals surface area contributed by atoms with Crippen LogP contribution >= 0.6 is 0 Å². The first-order valence-corrected chi connectivity index (χ1v) is 8.35. The van der Waals surface area contributed by atoms with Gasteiger partial charge in [0.25, 0.3) is 0 Å². The van der Waals surface area contributed by atoms with E-state index in [4.69, 9.17) is 9.47 Å². The molecule has 0 aliphatic carbocycles. The van der Waals surface area contributed by atoms with Crippen LogP contribution in [-0.2, 0) is 19.8 Å². The van der Waals surface area contributed by atoms with Crippen LogP contribution in [0.2, 0.25) is 0 Å². The molecule has 26 heavy (non-hydrogen) atoms. The van der Waals surface area contributed by atoms with Crippen LogP contribution < -0.4 is 10.6 Å². The molecular formula is C21H21NO4. The summed E-state index contributed by atoms with van der Waals surface area (Å²) in [5.74, 6) is -0.884. The fourth-order valence-corrected chi connectivity index (χ4v) is 2.86. The fourth-order valence-electron chi connectivity index (χ4n) is 2.86. The number of carbonyl (C=O) groups excluding carboxylic acids is 2. The first-order valence-electron chi connectivity index (χ1n) is 8.35. The van der Waals surface area contributed by atoms with E-state index >= 15 is 0 Å². The number of fused-ring (bicyclic) bond motifs is 1. The molecular weight excluding hydrogens is 330 g/mol. The van der Waals surface area contributed by atoms with Crippen molar-refractivity contribution < 1.29 is 19.1 Å². The van der Waals surface area contributed by atoms with Gasteiger partial charge in [-0.3, -0.25) is 4.99 Å². The Bertz CT molecular complexity index is 933. The fraction of sp³-hybridized carbons (Fsp3) is 0.286. The summed E-state index contributed by atoms with van der Waals surface area (Å²) in [6, 6.07) is 14.2. The molecule has 1 aliphatic rings. The Hall–Kier alpha value is -2.95. The van der Waals surface area contributed by atoms with Crippen LogP contribution in [0.25, 0.3) is 6.08 Å². The maximum atomic E-state index is 13.1. The number of nitrogens with zero attached hydrogens (tertiary/aromatic N) is 1. The second-order valence-electron chi connectivity index (χ2n) is 7.15. The maximum absolute atomic E-state index is 13.1. The summed E-state index contributed by atoms with van der Waals surface area (Å²) >= 11 is 0. The summed E-state index contributed by atoms with van der Waals surface area (Å²) in [7, 11) is 1.33. The van der Waals surface area contributed by atoms with E-state index in [9.17, 15) is 9.59 Å². The lowest BCUT2D eigenvalue weighted by molar-refractivity contribution is -0.159. The zero-order valence-corrected chi connectivity index (χ0v) is 15.3. The molecule has 0 fully saturated rings. The van der Waals surface area contributed by atoms with Gasteiger partial charge in [-0.1, -0.05) is 30.3 Å². The molecule has 1 aliphatic heterocycles. The van der Waals surface area contributed by atoms with Gasteiger partial charge in [0.05, 0.1) is 18.0 Å². The van der Waals surface area contributed by atoms with Crippen molar-refractivity contribution in [2.75, 3.05) is 7.11 Å². The van der Waals surface area contributed by atoms with Crippen LogP contribution in [0, 0.1) is 0 Å². The number of rotatable bonds is 3. The number of hydrogen-bond acceptors (Lipinski definition) is 5. The summed E-state index contributed by atoms with van der Waals surface area (Å²) < 4.78 is 10.4. The lowest BCUT2D eigenvalue weighted by atomic mass is 9.89. The summed E-state index contributed by atoms with van der Waals surface area (Å²) in [4.78, 5) is 29.5. The number of ether oxygens (including phenoxy) is 2. The highest BCUT2D eigenvalue weighted by Crippen LogP contribution is 2.32. The standard InChI is InChI=1S/C21H21NO4/c1-20(2,3)26-19(24)21(13-15-7-5-6-8-17(15)22-21)16-11-9-14(10-12-16)18(23)25-4/h5-13H,1-4H3. The quantitative estimate of drug-likeness (QED) is 0.795. The van der Waals surface area contributed by atoms with Crippen LogP contribution in [0.15, 0.2) is 53.5 Å². The van der Waals surface area contributed by atoms with E-state index in [1.165, 1.54) is 7.11 Å². The third-order valence-corrected chi connectivity index (χ3v) is 4.05. The minimum absolute atomic E-state index is 0.408. The van der Waals surface area contributed by atoms with E-state index in [2.05, 4.69) is 4.99 Å². The molecule has 134 valence electrons. The Morgan fingerprint density at radius 3 is 2.23 bits per heavy atom. The average Bonchev–Trinajstić information content (AvgIpc) is 3.00. The normalized spacial score (nSPS) is 18.3. The van der Waals surface area contributed by atoms with Crippen LogP contribution in [0.3, 0.4) is 0 Å². The van der Waals surface area contributed by atoms with Gasteiger partial charge < -0.3 is 9.47 Å². The SMILES string of the molecule is COC(=O)c1ccc(C2(C(=O)OC(C)(C)C)C=c3ccccc3=N2)cc1. The van der Waals surface area contributed by atoms with E-state index in [1.54, 1.807) is 24.3 Å². The number of benzene rings is 2. The highest BCUT2D eigenvalue weighted by Gasteiger charge is 2.43. The van der Waals surface area contributed by atoms with Gasteiger partial charge in [-0.05, 0) is 55.8 Å². The third kappa shape index (κ3) is 3.25. The molecule has 2 aromatic carbocycles. The van der Waals surface area contributed by atoms with Crippen molar-refractivity contribution in [1.29, 1.82) is 0 Å². The van der Waals surface area contributed by atoms with Gasteiger partial charge in [0, 0.05) is 0 Å². The molecule has 5 nitrogen and oxygen atoms in total. The molecule has 0 radical (unpaired) electrons. The van der Waals surface area contributed by atoms with Gasteiger partial charge >= 0.3 is 11.9 Å². The van der Waals surface area contributed by atoms with E-state index in [1.807, 2.05) is 51.1 Å². The lowest BCUT2D eigenvalue weighted by Crippen LogP contribution is -2.38. The number of esters is 2. The van der Waals surface area contributed by atoms with Crippen LogP contribution in [0.1, 0.15) is 36.7 Å². The number of hydrogen-bond donors (Lipinski definition) is 0. The first kappa shape index (κ1) is 17.9. The smallest absolute Gasteiger partial charge is 0.343 e. The monoisotopic (exact) mass is 351 g/mol. The number of carbonyl (C=O) groups is 2. The second kappa shape index (κ2) is 6.41. The van der Waals surface area contributed by atoms with Gasteiger partial charge in [-0.15, -0.1) is 0 Å². The second-order valence-corrected chi connectivity index (χ2v) is 7.15. The molecule has 0 amide bonds.